The number of fused-ring (bicyclic) bond motifs is 5. The lowest BCUT2D eigenvalue weighted by molar-refractivity contribution is -0.132. The highest BCUT2D eigenvalue weighted by Crippen LogP contribution is 2.67. The second kappa shape index (κ2) is 5.46. The summed E-state index contributed by atoms with van der Waals surface area (Å²) in [4.78, 5) is 0. The average molecular weight is 321 g/mol. The van der Waals surface area contributed by atoms with E-state index in [9.17, 15) is 10.2 Å². The Labute approximate surface area is 142 Å². The molecule has 2 heteroatoms. The lowest BCUT2D eigenvalue weighted by Crippen LogP contribution is -2.54. The highest BCUT2D eigenvalue weighted by Gasteiger charge is 2.60. The molecule has 2 N–H and O–H groups in total. The topological polar surface area (TPSA) is 40.5 Å². The third kappa shape index (κ3) is 2.27. The molecule has 0 aromatic carbocycles. The second-order valence-corrected chi connectivity index (χ2v) is 10.1. The number of hydrogen-bond acceptors (Lipinski definition) is 2. The van der Waals surface area contributed by atoms with Crippen LogP contribution in [0.5, 0.6) is 0 Å². The van der Waals surface area contributed by atoms with Crippen LogP contribution in [-0.4, -0.2) is 22.4 Å². The van der Waals surface area contributed by atoms with Gasteiger partial charge in [0.05, 0.1) is 12.2 Å². The van der Waals surface area contributed by atoms with Crippen molar-refractivity contribution in [3.8, 4) is 0 Å². The Morgan fingerprint density at radius 3 is 2.30 bits per heavy atom. The minimum atomic E-state index is -0.140. The molecule has 0 radical (unpaired) electrons. The Kier molecular flexibility index (Phi) is 3.89. The molecule has 132 valence electrons. The summed E-state index contributed by atoms with van der Waals surface area (Å²) in [7, 11) is 0. The van der Waals surface area contributed by atoms with E-state index in [1.54, 1.807) is 0 Å². The Morgan fingerprint density at radius 2 is 1.57 bits per heavy atom. The van der Waals surface area contributed by atoms with Crippen molar-refractivity contribution in [3.63, 3.8) is 0 Å². The molecule has 2 nitrogen and oxygen atoms in total. The molecule has 0 aromatic rings. The van der Waals surface area contributed by atoms with Crippen LogP contribution >= 0.6 is 0 Å². The van der Waals surface area contributed by atoms with Crippen LogP contribution in [0.4, 0.5) is 0 Å². The van der Waals surface area contributed by atoms with Crippen LogP contribution < -0.4 is 0 Å². The third-order valence-electron chi connectivity index (χ3n) is 9.29. The van der Waals surface area contributed by atoms with Crippen LogP contribution in [0.3, 0.4) is 0 Å². The molecule has 0 bridgehead atoms. The normalized spacial score (nSPS) is 57.3. The quantitative estimate of drug-likeness (QED) is 0.752. The monoisotopic (exact) mass is 320 g/mol. The van der Waals surface area contributed by atoms with Gasteiger partial charge in [-0.05, 0) is 105 Å². The van der Waals surface area contributed by atoms with Crippen LogP contribution in [0.25, 0.3) is 0 Å². The standard InChI is InChI=1S/C21H36O2/c1-13(22)17-6-7-18-16-5-4-14-12-15(23)8-10-20(14,2)19(16)9-11-21(17,18)3/h13-19,22-23H,4-12H2,1-3H3/t13-,14?,15+,16+,17-,18+,19+,20+,21-/m1/s1. The van der Waals surface area contributed by atoms with E-state index in [1.807, 2.05) is 6.92 Å². The summed E-state index contributed by atoms with van der Waals surface area (Å²) < 4.78 is 0. The van der Waals surface area contributed by atoms with E-state index in [0.29, 0.717) is 16.7 Å². The van der Waals surface area contributed by atoms with E-state index in [2.05, 4.69) is 13.8 Å². The van der Waals surface area contributed by atoms with Crippen LogP contribution in [0.15, 0.2) is 0 Å². The van der Waals surface area contributed by atoms with Crippen molar-refractivity contribution in [3.05, 3.63) is 0 Å². The van der Waals surface area contributed by atoms with Crippen molar-refractivity contribution in [1.82, 2.24) is 0 Å². The fraction of sp³-hybridized carbons (Fsp3) is 1.00. The number of rotatable bonds is 1. The zero-order chi connectivity index (χ0) is 16.4. The van der Waals surface area contributed by atoms with E-state index in [4.69, 9.17) is 0 Å². The Morgan fingerprint density at radius 1 is 0.870 bits per heavy atom. The van der Waals surface area contributed by atoms with Crippen molar-refractivity contribution in [2.75, 3.05) is 0 Å². The minimum absolute atomic E-state index is 0.0374. The van der Waals surface area contributed by atoms with E-state index in [1.165, 1.54) is 44.9 Å². The number of aliphatic hydroxyl groups excluding tert-OH is 2. The van der Waals surface area contributed by atoms with E-state index >= 15 is 0 Å². The van der Waals surface area contributed by atoms with Gasteiger partial charge >= 0.3 is 0 Å². The molecule has 0 amide bonds. The van der Waals surface area contributed by atoms with Gasteiger partial charge in [-0.25, -0.2) is 0 Å². The van der Waals surface area contributed by atoms with Gasteiger partial charge in [0, 0.05) is 0 Å². The average Bonchev–Trinajstić information content (AvgIpc) is 2.85. The van der Waals surface area contributed by atoms with Gasteiger partial charge in [0.15, 0.2) is 0 Å². The maximum absolute atomic E-state index is 10.3. The fourth-order valence-electron chi connectivity index (χ4n) is 8.07. The first-order chi connectivity index (χ1) is 10.9. The van der Waals surface area contributed by atoms with Gasteiger partial charge in [0.25, 0.3) is 0 Å². The molecule has 9 atom stereocenters. The van der Waals surface area contributed by atoms with Gasteiger partial charge in [-0.3, -0.25) is 0 Å². The summed E-state index contributed by atoms with van der Waals surface area (Å²) in [6, 6.07) is 0. The van der Waals surface area contributed by atoms with Crippen LogP contribution in [0.1, 0.15) is 78.6 Å². The molecule has 4 saturated carbocycles. The first-order valence-electron chi connectivity index (χ1n) is 10.2. The van der Waals surface area contributed by atoms with Gasteiger partial charge in [0.1, 0.15) is 0 Å². The second-order valence-electron chi connectivity index (χ2n) is 10.1. The summed E-state index contributed by atoms with van der Waals surface area (Å²) in [6.07, 6.45) is 11.1. The molecular formula is C21H36O2. The van der Waals surface area contributed by atoms with Crippen molar-refractivity contribution in [2.45, 2.75) is 90.8 Å². The summed E-state index contributed by atoms with van der Waals surface area (Å²) in [5.74, 6) is 3.87. The predicted octanol–water partition coefficient (Wildman–Crippen LogP) is 4.39. The molecule has 0 heterocycles. The molecular weight excluding hydrogens is 284 g/mol. The van der Waals surface area contributed by atoms with Gasteiger partial charge in [-0.15, -0.1) is 0 Å². The maximum atomic E-state index is 10.3. The Balaban J connectivity index is 1.60. The number of hydrogen-bond donors (Lipinski definition) is 2. The van der Waals surface area contributed by atoms with Crippen molar-refractivity contribution >= 4 is 0 Å². The number of aliphatic hydroxyl groups is 2. The molecule has 0 saturated heterocycles. The summed E-state index contributed by atoms with van der Waals surface area (Å²) >= 11 is 0. The highest BCUT2D eigenvalue weighted by atomic mass is 16.3. The fourth-order valence-corrected chi connectivity index (χ4v) is 8.07. The molecule has 4 fully saturated rings. The SMILES string of the molecule is C[C@@H](O)[C@H]1CC[C@H]2[C@@H]3CCC4C[C@@H](O)CC[C@]4(C)[C@H]3CC[C@]12C. The Hall–Kier alpha value is -0.0800. The van der Waals surface area contributed by atoms with Crippen molar-refractivity contribution < 1.29 is 10.2 Å². The molecule has 0 aliphatic heterocycles. The van der Waals surface area contributed by atoms with Gasteiger partial charge < -0.3 is 10.2 Å². The van der Waals surface area contributed by atoms with Crippen molar-refractivity contribution in [1.29, 1.82) is 0 Å². The smallest absolute Gasteiger partial charge is 0.0545 e. The van der Waals surface area contributed by atoms with Gasteiger partial charge in [-0.1, -0.05) is 13.8 Å². The lowest BCUT2D eigenvalue weighted by Gasteiger charge is -2.61. The highest BCUT2D eigenvalue weighted by molar-refractivity contribution is 5.09. The van der Waals surface area contributed by atoms with Crippen LogP contribution in [0.2, 0.25) is 0 Å². The third-order valence-corrected chi connectivity index (χ3v) is 9.29. The van der Waals surface area contributed by atoms with Crippen LogP contribution in [0, 0.1) is 40.4 Å². The summed E-state index contributed by atoms with van der Waals surface area (Å²) in [5.41, 5.74) is 0.860. The molecule has 0 spiro atoms. The molecule has 1 unspecified atom stereocenters. The molecule has 4 rings (SSSR count). The van der Waals surface area contributed by atoms with E-state index in [0.717, 1.165) is 36.5 Å². The lowest BCUT2D eigenvalue weighted by atomic mass is 9.44. The van der Waals surface area contributed by atoms with E-state index < -0.39 is 0 Å². The molecule has 0 aromatic heterocycles. The predicted molar refractivity (Wildman–Crippen MR) is 92.9 cm³/mol. The van der Waals surface area contributed by atoms with Crippen LogP contribution in [-0.2, 0) is 0 Å². The first kappa shape index (κ1) is 16.4. The first-order valence-corrected chi connectivity index (χ1v) is 10.2. The molecule has 4 aliphatic carbocycles. The van der Waals surface area contributed by atoms with Crippen molar-refractivity contribution in [2.24, 2.45) is 40.4 Å². The maximum Gasteiger partial charge on any atom is 0.0545 e. The van der Waals surface area contributed by atoms with Gasteiger partial charge in [0.2, 0.25) is 0 Å². The van der Waals surface area contributed by atoms with E-state index in [-0.39, 0.29) is 12.2 Å². The molecule has 4 aliphatic rings. The minimum Gasteiger partial charge on any atom is -0.393 e. The zero-order valence-electron chi connectivity index (χ0n) is 15.3. The molecule has 23 heavy (non-hydrogen) atoms. The largest absolute Gasteiger partial charge is 0.393 e. The summed E-state index contributed by atoms with van der Waals surface area (Å²) in [6.45, 7) is 7.08. The zero-order valence-corrected chi connectivity index (χ0v) is 15.3. The van der Waals surface area contributed by atoms with Gasteiger partial charge in [-0.2, -0.15) is 0 Å². The summed E-state index contributed by atoms with van der Waals surface area (Å²) in [5, 5.41) is 20.4. The Bertz CT molecular complexity index is 461.